The molecule has 0 radical (unpaired) electrons. The minimum absolute atomic E-state index is 0.0271. The predicted molar refractivity (Wildman–Crippen MR) is 54.0 cm³/mol. The highest BCUT2D eigenvalue weighted by atomic mass is 19.4. The van der Waals surface area contributed by atoms with E-state index in [1.807, 2.05) is 0 Å². The van der Waals surface area contributed by atoms with E-state index in [9.17, 15) is 13.2 Å². The van der Waals surface area contributed by atoms with E-state index in [1.54, 1.807) is 0 Å². The molecule has 96 valence electrons. The molecule has 1 aliphatic heterocycles. The van der Waals surface area contributed by atoms with Gasteiger partial charge in [-0.25, -0.2) is 0 Å². The molecule has 0 aromatic rings. The highest BCUT2D eigenvalue weighted by molar-refractivity contribution is 4.96. The second kappa shape index (κ2) is 4.83. The Morgan fingerprint density at radius 3 is 2.59 bits per heavy atom. The van der Waals surface area contributed by atoms with Crippen molar-refractivity contribution >= 4 is 0 Å². The zero-order chi connectivity index (χ0) is 12.5. The van der Waals surface area contributed by atoms with E-state index < -0.39 is 12.1 Å². The van der Waals surface area contributed by atoms with Gasteiger partial charge in [0.05, 0.1) is 12.2 Å². The van der Waals surface area contributed by atoms with Crippen LogP contribution in [0.3, 0.4) is 0 Å². The molecule has 0 spiro atoms. The molecule has 3 unspecified atom stereocenters. The van der Waals surface area contributed by atoms with Crippen LogP contribution in [-0.2, 0) is 4.74 Å². The molecule has 1 N–H and O–H groups in total. The summed E-state index contributed by atoms with van der Waals surface area (Å²) in [5.74, 6) is -1.43. The lowest BCUT2D eigenvalue weighted by Gasteiger charge is -2.21. The van der Waals surface area contributed by atoms with Crippen LogP contribution in [0, 0.1) is 23.2 Å². The van der Waals surface area contributed by atoms with Gasteiger partial charge in [-0.1, -0.05) is 0 Å². The van der Waals surface area contributed by atoms with Crippen molar-refractivity contribution in [2.24, 2.45) is 11.8 Å². The van der Waals surface area contributed by atoms with Crippen molar-refractivity contribution in [3.8, 4) is 6.07 Å². The van der Waals surface area contributed by atoms with E-state index in [4.69, 9.17) is 10.00 Å². The van der Waals surface area contributed by atoms with Crippen LogP contribution in [0.25, 0.3) is 0 Å². The van der Waals surface area contributed by atoms with Gasteiger partial charge in [-0.3, -0.25) is 0 Å². The summed E-state index contributed by atoms with van der Waals surface area (Å²) in [5.41, 5.74) is 0. The Kier molecular flexibility index (Phi) is 3.59. The van der Waals surface area contributed by atoms with Crippen LogP contribution in [0.4, 0.5) is 13.2 Å². The van der Waals surface area contributed by atoms with Crippen molar-refractivity contribution in [2.75, 3.05) is 13.2 Å². The van der Waals surface area contributed by atoms with Crippen molar-refractivity contribution in [1.82, 2.24) is 5.32 Å². The molecular formula is C11H15F3N2O. The highest BCUT2D eigenvalue weighted by Gasteiger charge is 2.43. The summed E-state index contributed by atoms with van der Waals surface area (Å²) in [7, 11) is 0. The second-order valence-corrected chi connectivity index (χ2v) is 4.70. The number of nitriles is 1. The van der Waals surface area contributed by atoms with Crippen LogP contribution < -0.4 is 5.32 Å². The summed E-state index contributed by atoms with van der Waals surface area (Å²) in [4.78, 5) is 0. The van der Waals surface area contributed by atoms with Crippen LogP contribution in [0.15, 0.2) is 0 Å². The number of alkyl halides is 3. The lowest BCUT2D eigenvalue weighted by Crippen LogP contribution is -2.42. The summed E-state index contributed by atoms with van der Waals surface area (Å²) >= 11 is 0. The highest BCUT2D eigenvalue weighted by Crippen LogP contribution is 2.38. The van der Waals surface area contributed by atoms with Gasteiger partial charge in [-0.05, 0) is 25.2 Å². The summed E-state index contributed by atoms with van der Waals surface area (Å²) in [5, 5.41) is 11.3. The molecule has 17 heavy (non-hydrogen) atoms. The fraction of sp³-hybridized carbons (Fsp3) is 0.909. The van der Waals surface area contributed by atoms with Crippen molar-refractivity contribution < 1.29 is 17.9 Å². The van der Waals surface area contributed by atoms with Crippen LogP contribution in [0.1, 0.15) is 19.3 Å². The van der Waals surface area contributed by atoms with Gasteiger partial charge in [0.1, 0.15) is 0 Å². The predicted octanol–water partition coefficient (Wildman–Crippen LogP) is 1.85. The SMILES string of the molecule is N#CC(CNC1CCOC1C1CC1)C(F)(F)F. The number of halogens is 3. The maximum absolute atomic E-state index is 12.4. The Morgan fingerprint density at radius 1 is 1.35 bits per heavy atom. The topological polar surface area (TPSA) is 45.0 Å². The molecule has 0 aromatic carbocycles. The minimum atomic E-state index is -4.45. The van der Waals surface area contributed by atoms with E-state index in [0.29, 0.717) is 12.5 Å². The largest absolute Gasteiger partial charge is 0.405 e. The van der Waals surface area contributed by atoms with E-state index in [2.05, 4.69) is 5.32 Å². The smallest absolute Gasteiger partial charge is 0.376 e. The molecule has 1 heterocycles. The van der Waals surface area contributed by atoms with Crippen molar-refractivity contribution in [2.45, 2.75) is 37.6 Å². The van der Waals surface area contributed by atoms with Crippen molar-refractivity contribution in [3.05, 3.63) is 0 Å². The normalized spacial score (nSPS) is 31.2. The molecule has 2 aliphatic rings. The first kappa shape index (κ1) is 12.7. The van der Waals surface area contributed by atoms with Gasteiger partial charge in [0, 0.05) is 19.2 Å². The first-order valence-corrected chi connectivity index (χ1v) is 5.83. The maximum atomic E-state index is 12.4. The van der Waals surface area contributed by atoms with Gasteiger partial charge in [-0.15, -0.1) is 0 Å². The molecule has 1 aliphatic carbocycles. The Morgan fingerprint density at radius 2 is 2.06 bits per heavy atom. The van der Waals surface area contributed by atoms with E-state index in [0.717, 1.165) is 19.3 Å². The van der Waals surface area contributed by atoms with Crippen LogP contribution in [0.2, 0.25) is 0 Å². The second-order valence-electron chi connectivity index (χ2n) is 4.70. The lowest BCUT2D eigenvalue weighted by molar-refractivity contribution is -0.158. The Bertz CT molecular complexity index is 309. The number of rotatable bonds is 4. The molecule has 6 heteroatoms. The fourth-order valence-corrected chi connectivity index (χ4v) is 2.22. The van der Waals surface area contributed by atoms with Gasteiger partial charge in [0.2, 0.25) is 0 Å². The summed E-state index contributed by atoms with van der Waals surface area (Å²) < 4.78 is 42.6. The molecule has 3 nitrogen and oxygen atoms in total. The molecular weight excluding hydrogens is 233 g/mol. The Labute approximate surface area is 97.9 Å². The number of hydrogen-bond donors (Lipinski definition) is 1. The van der Waals surface area contributed by atoms with Crippen LogP contribution in [0.5, 0.6) is 0 Å². The van der Waals surface area contributed by atoms with Gasteiger partial charge >= 0.3 is 6.18 Å². The number of nitrogens with one attached hydrogen (secondary N) is 1. The molecule has 0 amide bonds. The zero-order valence-electron chi connectivity index (χ0n) is 9.33. The molecule has 2 rings (SSSR count). The first-order chi connectivity index (χ1) is 8.02. The van der Waals surface area contributed by atoms with Gasteiger partial charge < -0.3 is 10.1 Å². The summed E-state index contributed by atoms with van der Waals surface area (Å²) in [6.07, 6.45) is -1.47. The molecule has 1 saturated carbocycles. The third-order valence-electron chi connectivity index (χ3n) is 3.36. The third-order valence-corrected chi connectivity index (χ3v) is 3.36. The zero-order valence-corrected chi connectivity index (χ0v) is 9.33. The Balaban J connectivity index is 1.82. The average molecular weight is 248 g/mol. The first-order valence-electron chi connectivity index (χ1n) is 5.83. The number of ether oxygens (including phenoxy) is 1. The van der Waals surface area contributed by atoms with E-state index >= 15 is 0 Å². The fourth-order valence-electron chi connectivity index (χ4n) is 2.22. The molecule has 0 aromatic heterocycles. The molecule has 3 atom stereocenters. The molecule has 2 fully saturated rings. The van der Waals surface area contributed by atoms with Gasteiger partial charge in [-0.2, -0.15) is 18.4 Å². The summed E-state index contributed by atoms with van der Waals surface area (Å²) in [6.45, 7) is 0.263. The maximum Gasteiger partial charge on any atom is 0.405 e. The van der Waals surface area contributed by atoms with Gasteiger partial charge in [0.15, 0.2) is 5.92 Å². The van der Waals surface area contributed by atoms with Gasteiger partial charge in [0.25, 0.3) is 0 Å². The van der Waals surface area contributed by atoms with Crippen molar-refractivity contribution in [3.63, 3.8) is 0 Å². The quantitative estimate of drug-likeness (QED) is 0.825. The Hall–Kier alpha value is -0.800. The van der Waals surface area contributed by atoms with E-state index in [-0.39, 0.29) is 18.7 Å². The van der Waals surface area contributed by atoms with Crippen LogP contribution >= 0.6 is 0 Å². The van der Waals surface area contributed by atoms with E-state index in [1.165, 1.54) is 6.07 Å². The monoisotopic (exact) mass is 248 g/mol. The summed E-state index contributed by atoms with van der Waals surface area (Å²) in [6, 6.07) is 1.27. The number of hydrogen-bond acceptors (Lipinski definition) is 3. The molecule has 1 saturated heterocycles. The van der Waals surface area contributed by atoms with Crippen molar-refractivity contribution in [1.29, 1.82) is 5.26 Å². The van der Waals surface area contributed by atoms with Crippen LogP contribution in [-0.4, -0.2) is 31.5 Å². The third kappa shape index (κ3) is 3.11. The number of nitrogens with zero attached hydrogens (tertiary/aromatic N) is 1. The minimum Gasteiger partial charge on any atom is -0.376 e. The average Bonchev–Trinajstić information content (AvgIpc) is 2.98. The standard InChI is InChI=1S/C11H15F3N2O/c12-11(13,14)8(5-15)6-16-9-3-4-17-10(9)7-1-2-7/h7-10,16H,1-4,6H2. The lowest BCUT2D eigenvalue weighted by atomic mass is 10.0. The molecule has 0 bridgehead atoms.